The fraction of sp³-hybridized carbons (Fsp3) is 0.133. The molecule has 118 valence electrons. The van der Waals surface area contributed by atoms with Crippen molar-refractivity contribution in [2.75, 3.05) is 12.4 Å². The van der Waals surface area contributed by atoms with Gasteiger partial charge in [-0.05, 0) is 46.3 Å². The van der Waals surface area contributed by atoms with Crippen LogP contribution < -0.4 is 10.1 Å². The maximum Gasteiger partial charge on any atom is 0.231 e. The van der Waals surface area contributed by atoms with E-state index in [-0.39, 0.29) is 5.91 Å². The highest BCUT2D eigenvalue weighted by molar-refractivity contribution is 9.10. The molecule has 1 aromatic carbocycles. The molecular formula is C15H12BrN3O2S2. The van der Waals surface area contributed by atoms with Crippen molar-refractivity contribution < 1.29 is 9.53 Å². The van der Waals surface area contributed by atoms with Gasteiger partial charge in [0.05, 0.1) is 13.5 Å². The Morgan fingerprint density at radius 1 is 1.30 bits per heavy atom. The van der Waals surface area contributed by atoms with Crippen LogP contribution in [0.3, 0.4) is 0 Å². The Balaban J connectivity index is 1.65. The summed E-state index contributed by atoms with van der Waals surface area (Å²) in [6, 6.07) is 9.49. The number of amides is 1. The number of thiophene rings is 1. The number of halogens is 1. The average Bonchev–Trinajstić information content (AvgIpc) is 3.16. The van der Waals surface area contributed by atoms with Crippen LogP contribution in [0.1, 0.15) is 4.88 Å². The molecule has 0 unspecified atom stereocenters. The highest BCUT2D eigenvalue weighted by Crippen LogP contribution is 2.28. The minimum atomic E-state index is -0.100. The molecule has 1 N–H and O–H groups in total. The first-order chi connectivity index (χ1) is 11.1. The Bertz CT molecular complexity index is 814. The SMILES string of the molecule is COc1ccc(-c2nnc(NC(=O)Cc3cc(Br)cs3)s2)cc1. The molecule has 23 heavy (non-hydrogen) atoms. The Kier molecular flexibility index (Phi) is 5.04. The highest BCUT2D eigenvalue weighted by atomic mass is 79.9. The molecule has 2 aromatic heterocycles. The normalized spacial score (nSPS) is 10.5. The summed E-state index contributed by atoms with van der Waals surface area (Å²) < 4.78 is 6.12. The van der Waals surface area contributed by atoms with Gasteiger partial charge < -0.3 is 10.1 Å². The number of nitrogens with zero attached hydrogens (tertiary/aromatic N) is 2. The van der Waals surface area contributed by atoms with Crippen molar-refractivity contribution in [1.29, 1.82) is 0 Å². The lowest BCUT2D eigenvalue weighted by Gasteiger charge is -2.00. The van der Waals surface area contributed by atoms with Crippen LogP contribution >= 0.6 is 38.6 Å². The number of anilines is 1. The number of carbonyl (C=O) groups excluding carboxylic acids is 1. The zero-order chi connectivity index (χ0) is 16.2. The topological polar surface area (TPSA) is 64.1 Å². The van der Waals surface area contributed by atoms with E-state index in [9.17, 15) is 4.79 Å². The Labute approximate surface area is 149 Å². The van der Waals surface area contributed by atoms with Crippen molar-refractivity contribution in [2.24, 2.45) is 0 Å². The molecule has 3 rings (SSSR count). The van der Waals surface area contributed by atoms with E-state index < -0.39 is 0 Å². The van der Waals surface area contributed by atoms with Gasteiger partial charge in [-0.3, -0.25) is 4.79 Å². The predicted molar refractivity (Wildman–Crippen MR) is 96.2 cm³/mol. The molecule has 0 aliphatic rings. The third-order valence-corrected chi connectivity index (χ3v) is 5.55. The van der Waals surface area contributed by atoms with E-state index in [2.05, 4.69) is 31.4 Å². The number of aromatic nitrogens is 2. The Morgan fingerprint density at radius 2 is 2.09 bits per heavy atom. The van der Waals surface area contributed by atoms with Gasteiger partial charge in [0.1, 0.15) is 10.8 Å². The summed E-state index contributed by atoms with van der Waals surface area (Å²) in [5, 5.41) is 14.1. The molecule has 1 amide bonds. The van der Waals surface area contributed by atoms with E-state index in [0.717, 1.165) is 25.7 Å². The maximum absolute atomic E-state index is 12.0. The van der Waals surface area contributed by atoms with E-state index in [1.807, 2.05) is 35.7 Å². The summed E-state index contributed by atoms with van der Waals surface area (Å²) in [5.41, 5.74) is 0.936. The third kappa shape index (κ3) is 4.15. The van der Waals surface area contributed by atoms with Crippen LogP contribution in [0.2, 0.25) is 0 Å². The summed E-state index contributed by atoms with van der Waals surface area (Å²) in [7, 11) is 1.62. The largest absolute Gasteiger partial charge is 0.497 e. The summed E-state index contributed by atoms with van der Waals surface area (Å²) >= 11 is 6.26. The van der Waals surface area contributed by atoms with Gasteiger partial charge in [0.25, 0.3) is 0 Å². The molecule has 0 radical (unpaired) electrons. The van der Waals surface area contributed by atoms with Crippen LogP contribution in [0.5, 0.6) is 5.75 Å². The highest BCUT2D eigenvalue weighted by Gasteiger charge is 2.11. The van der Waals surface area contributed by atoms with Gasteiger partial charge in [-0.25, -0.2) is 0 Å². The summed E-state index contributed by atoms with van der Waals surface area (Å²) in [6.45, 7) is 0. The fourth-order valence-corrected chi connectivity index (χ4v) is 4.11. The van der Waals surface area contributed by atoms with Gasteiger partial charge >= 0.3 is 0 Å². The molecule has 0 aliphatic carbocycles. The number of hydrogen-bond donors (Lipinski definition) is 1. The zero-order valence-electron chi connectivity index (χ0n) is 12.1. The van der Waals surface area contributed by atoms with E-state index in [1.54, 1.807) is 18.4 Å². The number of hydrogen-bond acceptors (Lipinski definition) is 6. The van der Waals surface area contributed by atoms with Gasteiger partial charge in [0.15, 0.2) is 0 Å². The minimum Gasteiger partial charge on any atom is -0.497 e. The molecule has 0 fully saturated rings. The molecule has 0 atom stereocenters. The Morgan fingerprint density at radius 3 is 2.74 bits per heavy atom. The van der Waals surface area contributed by atoms with E-state index in [4.69, 9.17) is 4.74 Å². The van der Waals surface area contributed by atoms with Gasteiger partial charge in [0.2, 0.25) is 11.0 Å². The van der Waals surface area contributed by atoms with E-state index in [0.29, 0.717) is 11.6 Å². The predicted octanol–water partition coefficient (Wildman–Crippen LogP) is 4.22. The number of methoxy groups -OCH3 is 1. The first kappa shape index (κ1) is 16.1. The van der Waals surface area contributed by atoms with Crippen LogP contribution in [-0.4, -0.2) is 23.2 Å². The smallest absolute Gasteiger partial charge is 0.231 e. The summed E-state index contributed by atoms with van der Waals surface area (Å²) in [5.74, 6) is 0.686. The quantitative estimate of drug-likeness (QED) is 0.684. The third-order valence-electron chi connectivity index (χ3n) is 2.96. The fourth-order valence-electron chi connectivity index (χ4n) is 1.89. The first-order valence-electron chi connectivity index (χ1n) is 6.65. The number of benzene rings is 1. The van der Waals surface area contributed by atoms with Crippen LogP contribution in [0, 0.1) is 0 Å². The van der Waals surface area contributed by atoms with Crippen LogP contribution in [-0.2, 0) is 11.2 Å². The second-order valence-electron chi connectivity index (χ2n) is 4.60. The summed E-state index contributed by atoms with van der Waals surface area (Å²) in [6.07, 6.45) is 0.327. The van der Waals surface area contributed by atoms with Crippen molar-refractivity contribution in [2.45, 2.75) is 6.42 Å². The number of rotatable bonds is 5. The molecule has 0 bridgehead atoms. The van der Waals surface area contributed by atoms with Gasteiger partial charge in [-0.1, -0.05) is 11.3 Å². The molecule has 0 spiro atoms. The van der Waals surface area contributed by atoms with Crippen molar-refractivity contribution in [3.05, 3.63) is 45.1 Å². The Hall–Kier alpha value is -1.77. The average molecular weight is 410 g/mol. The van der Waals surface area contributed by atoms with Crippen LogP contribution in [0.4, 0.5) is 5.13 Å². The summed E-state index contributed by atoms with van der Waals surface area (Å²) in [4.78, 5) is 13.0. The lowest BCUT2D eigenvalue weighted by atomic mass is 10.2. The van der Waals surface area contributed by atoms with Gasteiger partial charge in [-0.2, -0.15) is 0 Å². The van der Waals surface area contributed by atoms with Crippen LogP contribution in [0.15, 0.2) is 40.2 Å². The van der Waals surface area contributed by atoms with Crippen LogP contribution in [0.25, 0.3) is 10.6 Å². The molecule has 0 aliphatic heterocycles. The van der Waals surface area contributed by atoms with Crippen molar-refractivity contribution >= 4 is 49.6 Å². The monoisotopic (exact) mass is 409 g/mol. The standard InChI is InChI=1S/C15H12BrN3O2S2/c1-21-11-4-2-9(3-5-11)14-18-19-15(23-14)17-13(20)7-12-6-10(16)8-22-12/h2-6,8H,7H2,1H3,(H,17,19,20). The molecule has 0 saturated carbocycles. The molecule has 5 nitrogen and oxygen atoms in total. The van der Waals surface area contributed by atoms with Crippen molar-refractivity contribution in [1.82, 2.24) is 10.2 Å². The number of ether oxygens (including phenoxy) is 1. The maximum atomic E-state index is 12.0. The molecular weight excluding hydrogens is 398 g/mol. The van der Waals surface area contributed by atoms with Gasteiger partial charge in [-0.15, -0.1) is 21.5 Å². The lowest BCUT2D eigenvalue weighted by Crippen LogP contribution is -2.13. The van der Waals surface area contributed by atoms with E-state index >= 15 is 0 Å². The van der Waals surface area contributed by atoms with E-state index in [1.165, 1.54) is 11.3 Å². The second-order valence-corrected chi connectivity index (χ2v) is 7.49. The van der Waals surface area contributed by atoms with Crippen molar-refractivity contribution in [3.8, 4) is 16.3 Å². The number of nitrogens with one attached hydrogen (secondary N) is 1. The van der Waals surface area contributed by atoms with Gasteiger partial charge in [0, 0.05) is 20.3 Å². The van der Waals surface area contributed by atoms with Crippen molar-refractivity contribution in [3.63, 3.8) is 0 Å². The first-order valence-corrected chi connectivity index (χ1v) is 9.13. The number of carbonyl (C=O) groups is 1. The molecule has 3 aromatic rings. The second kappa shape index (κ2) is 7.20. The molecule has 0 saturated heterocycles. The zero-order valence-corrected chi connectivity index (χ0v) is 15.3. The molecule has 2 heterocycles. The minimum absolute atomic E-state index is 0.100. The molecule has 8 heteroatoms. The lowest BCUT2D eigenvalue weighted by molar-refractivity contribution is -0.115.